The van der Waals surface area contributed by atoms with Crippen LogP contribution in [0, 0.1) is 71.8 Å². The number of hydrogen-bond donors (Lipinski definition) is 0. The largest absolute Gasteiger partial charge is 0.497 e. The lowest BCUT2D eigenvalue weighted by molar-refractivity contribution is -0.160. The zero-order chi connectivity index (χ0) is 83.9. The maximum Gasteiger partial charge on any atom is 0.416 e. The zero-order valence-corrected chi connectivity index (χ0v) is 69.7. The quantitative estimate of drug-likeness (QED) is 0.0195. The van der Waals surface area contributed by atoms with E-state index < -0.39 is 17.6 Å². The molecule has 0 aliphatic carbocycles. The fourth-order valence-electron chi connectivity index (χ4n) is 9.81. The highest BCUT2D eigenvalue weighted by Gasteiger charge is 2.30. The van der Waals surface area contributed by atoms with Gasteiger partial charge in [-0.2, -0.15) is 17.5 Å². The Morgan fingerprint density at radius 3 is 1.31 bits per heavy atom. The van der Waals surface area contributed by atoms with Crippen molar-refractivity contribution in [2.75, 3.05) is 21.3 Å². The van der Waals surface area contributed by atoms with Crippen molar-refractivity contribution >= 4 is 46.7 Å². The molecule has 2 aromatic heterocycles. The van der Waals surface area contributed by atoms with E-state index in [2.05, 4.69) is 54.7 Å². The summed E-state index contributed by atoms with van der Waals surface area (Å²) in [6.07, 6.45) is 3.43. The first kappa shape index (κ1) is 99.4. The molecule has 111 heavy (non-hydrogen) atoms. The van der Waals surface area contributed by atoms with Crippen LogP contribution in [0.1, 0.15) is 215 Å². The fourth-order valence-corrected chi connectivity index (χ4v) is 10.3. The van der Waals surface area contributed by atoms with Gasteiger partial charge in [-0.15, -0.1) is 0 Å². The third-order valence-corrected chi connectivity index (χ3v) is 16.2. The number of carbonyl (C=O) groups excluding carboxylic acids is 6. The molecule has 0 amide bonds. The Morgan fingerprint density at radius 2 is 0.847 bits per heavy atom. The predicted molar refractivity (Wildman–Crippen MR) is 441 cm³/mol. The lowest BCUT2D eigenvalue weighted by atomic mass is 9.97. The molecular weight excluding hydrogens is 1430 g/mol. The van der Waals surface area contributed by atoms with Gasteiger partial charge in [0.1, 0.15) is 28.8 Å². The van der Waals surface area contributed by atoms with E-state index in [4.69, 9.17) is 13.8 Å². The van der Waals surface area contributed by atoms with Crippen molar-refractivity contribution in [2.45, 2.75) is 162 Å². The minimum absolute atomic E-state index is 0.0105. The molecule has 0 N–H and O–H groups in total. The minimum Gasteiger partial charge on any atom is -0.497 e. The van der Waals surface area contributed by atoms with Crippen molar-refractivity contribution in [1.82, 2.24) is 9.97 Å². The summed E-state index contributed by atoms with van der Waals surface area (Å²) < 4.78 is 77.5. The van der Waals surface area contributed by atoms with Crippen molar-refractivity contribution in [3.05, 3.63) is 292 Å². The van der Waals surface area contributed by atoms with E-state index in [0.29, 0.717) is 52.3 Å². The van der Waals surface area contributed by atoms with Crippen molar-refractivity contribution in [2.24, 2.45) is 53.3 Å². The van der Waals surface area contributed by atoms with Crippen LogP contribution >= 0.6 is 12.0 Å². The summed E-state index contributed by atoms with van der Waals surface area (Å²) in [6, 6.07) is 57.9. The first-order chi connectivity index (χ1) is 52.3. The highest BCUT2D eigenvalue weighted by molar-refractivity contribution is 7.94. The Balaban J connectivity index is 0.000000625. The first-order valence-corrected chi connectivity index (χ1v) is 38.0. The topological polar surface area (TPSA) is 165 Å². The summed E-state index contributed by atoms with van der Waals surface area (Å²) in [7, 11) is 4.71. The second kappa shape index (κ2) is 54.1. The molecule has 0 saturated heterocycles. The Bertz CT molecular complexity index is 4060. The highest BCUT2D eigenvalue weighted by Crippen LogP contribution is 2.31. The minimum atomic E-state index is -4.23. The highest BCUT2D eigenvalue weighted by atomic mass is 32.2. The van der Waals surface area contributed by atoms with Crippen LogP contribution in [0.3, 0.4) is 0 Å². The van der Waals surface area contributed by atoms with Gasteiger partial charge in [-0.05, 0) is 151 Å². The molecule has 7 aromatic carbocycles. The molecule has 9 aromatic rings. The molecule has 0 spiro atoms. The summed E-state index contributed by atoms with van der Waals surface area (Å²) in [4.78, 5) is 82.0. The number of aryl methyl sites for hydroxylation is 1. The van der Waals surface area contributed by atoms with Crippen LogP contribution in [0.2, 0.25) is 0 Å². The number of para-hydroxylation sites is 1. The average molecular weight is 1550 g/mol. The SMILES string of the molecule is CC(C)C(=O)c1ccccc1F.CC(C)C(=O)c1ccccn1.CC(C)C(=O)c1cccnc1.CC(C)Cc1cccc(C(F)(F)F)c1.CC(C)Cc1cccc(F)c1.COOSc1ccccc1C(=O)C(C)C.COc1cccc(CC(C)C)c1.COc1ccccc1C(=O)C(C)C.Cc1ccccc1C(=O)C(C)C. The Kier molecular flexibility index (Phi) is 48.4. The van der Waals surface area contributed by atoms with Gasteiger partial charge in [0.05, 0.1) is 50.1 Å². The molecule has 0 aliphatic rings. The number of halogens is 5. The van der Waals surface area contributed by atoms with E-state index in [-0.39, 0.29) is 81.6 Å². The predicted octanol–water partition coefficient (Wildman–Crippen LogP) is 24.8. The number of pyridine rings is 2. The molecule has 0 bridgehead atoms. The molecule has 18 heteroatoms. The van der Waals surface area contributed by atoms with E-state index in [1.807, 2.05) is 169 Å². The summed E-state index contributed by atoms with van der Waals surface area (Å²) >= 11 is 1.05. The number of aromatic nitrogens is 2. The number of nitrogens with zero attached hydrogens (tertiary/aromatic N) is 2. The third-order valence-electron chi connectivity index (χ3n) is 15.5. The molecular formula is C93H117F5N2O10S. The normalized spacial score (nSPS) is 10.6. The number of Topliss-reactive ketones (excluding diaryl/α,β-unsaturated/α-hetero) is 6. The number of ether oxygens (including phenoxy) is 2. The van der Waals surface area contributed by atoms with Crippen LogP contribution < -0.4 is 9.47 Å². The standard InChI is InChI=1S/C11H13F3.C11H14O3S.C11H14O2.C11H16O.C11H14O.C10H11FO.C10H13F.2C9H11NO/c1-8(2)6-9-4-3-5-10(7-9)11(12,13)14;1-8(2)11(12)9-6-4-5-7-10(9)15-14-13-3;1-8(2)11(12)9-6-4-5-7-10(9)13-3;1-9(2)7-10-5-4-6-11(8-10)12-3;1-8(2)11(12)10-7-5-4-6-9(10)3;1-7(2)10(12)8-5-3-4-6-9(8)11;1-8(2)6-9-4-3-5-10(11)7-9;1-7(2)9(11)8-4-3-5-10-6-8;1-7(2)9(11)8-5-3-4-6-10-8/h3-5,7-8H,6H2,1-2H3;4-8H,1-3H3;4-8H,1-3H3;4-6,8-9H,7H2,1-3H3;4-8H,1-3H3;3-7H,1-2H3;3-5,7-8H,6H2,1-2H3;2*3-7H,1-2H3. The number of rotatable bonds is 23. The summed E-state index contributed by atoms with van der Waals surface area (Å²) in [5.41, 5.74) is 7.32. The van der Waals surface area contributed by atoms with Gasteiger partial charge >= 0.3 is 6.18 Å². The number of hydrogen-bond acceptors (Lipinski definition) is 13. The molecule has 2 heterocycles. The summed E-state index contributed by atoms with van der Waals surface area (Å²) in [6.45, 7) is 37.0. The van der Waals surface area contributed by atoms with Crippen LogP contribution in [0.4, 0.5) is 22.0 Å². The van der Waals surface area contributed by atoms with Crippen molar-refractivity contribution in [3.8, 4) is 11.5 Å². The number of alkyl halides is 3. The van der Waals surface area contributed by atoms with Gasteiger partial charge in [-0.25, -0.2) is 13.7 Å². The molecule has 0 radical (unpaired) electrons. The van der Waals surface area contributed by atoms with Crippen LogP contribution in [0.25, 0.3) is 0 Å². The lowest BCUT2D eigenvalue weighted by Gasteiger charge is -2.09. The van der Waals surface area contributed by atoms with Crippen LogP contribution in [0.15, 0.2) is 224 Å². The van der Waals surface area contributed by atoms with Crippen molar-refractivity contribution in [1.29, 1.82) is 0 Å². The van der Waals surface area contributed by atoms with Gasteiger partial charge < -0.3 is 9.47 Å². The number of methoxy groups -OCH3 is 2. The van der Waals surface area contributed by atoms with Crippen LogP contribution in [0.5, 0.6) is 11.5 Å². The van der Waals surface area contributed by atoms with Gasteiger partial charge in [0.15, 0.2) is 34.7 Å². The Morgan fingerprint density at radius 1 is 0.405 bits per heavy atom. The third kappa shape index (κ3) is 40.8. The van der Waals surface area contributed by atoms with Gasteiger partial charge in [-0.3, -0.25) is 38.7 Å². The van der Waals surface area contributed by atoms with Gasteiger partial charge in [0.2, 0.25) is 0 Å². The molecule has 0 atom stereocenters. The molecule has 0 aliphatic heterocycles. The fraction of sp³-hybridized carbons (Fsp3) is 0.376. The maximum absolute atomic E-state index is 13.0. The van der Waals surface area contributed by atoms with E-state index in [0.717, 1.165) is 63.8 Å². The summed E-state index contributed by atoms with van der Waals surface area (Å²) in [5.74, 6) is 3.30. The van der Waals surface area contributed by atoms with Crippen molar-refractivity contribution < 1.29 is 69.4 Å². The number of benzene rings is 7. The Labute approximate surface area is 662 Å². The smallest absolute Gasteiger partial charge is 0.416 e. The molecule has 0 saturated carbocycles. The summed E-state index contributed by atoms with van der Waals surface area (Å²) in [5, 5.41) is 0. The molecule has 9 rings (SSSR count). The van der Waals surface area contributed by atoms with E-state index in [9.17, 15) is 50.7 Å². The van der Waals surface area contributed by atoms with E-state index >= 15 is 0 Å². The zero-order valence-electron chi connectivity index (χ0n) is 68.9. The average Bonchev–Trinajstić information content (AvgIpc) is 0.883. The van der Waals surface area contributed by atoms with Crippen molar-refractivity contribution in [3.63, 3.8) is 0 Å². The van der Waals surface area contributed by atoms with Crippen LogP contribution in [-0.2, 0) is 34.7 Å². The monoisotopic (exact) mass is 1550 g/mol. The maximum atomic E-state index is 13.0. The lowest BCUT2D eigenvalue weighted by Crippen LogP contribution is -2.09. The van der Waals surface area contributed by atoms with E-state index in [1.54, 1.807) is 119 Å². The van der Waals surface area contributed by atoms with Gasteiger partial charge in [0.25, 0.3) is 0 Å². The van der Waals surface area contributed by atoms with Crippen LogP contribution in [-0.4, -0.2) is 66.0 Å². The second-order valence-electron chi connectivity index (χ2n) is 28.9. The first-order valence-electron chi connectivity index (χ1n) is 37.3. The molecule has 12 nitrogen and oxygen atoms in total. The number of carbonyl (C=O) groups is 6. The second-order valence-corrected chi connectivity index (χ2v) is 29.6. The van der Waals surface area contributed by atoms with Gasteiger partial charge in [-0.1, -0.05) is 240 Å². The molecule has 0 fully saturated rings. The molecule has 0 unspecified atom stereocenters. The number of ketones is 6. The Hall–Kier alpha value is -9.62. The van der Waals surface area contributed by atoms with Gasteiger partial charge in [0, 0.05) is 75.7 Å². The molecule has 600 valence electrons. The van der Waals surface area contributed by atoms with E-state index in [1.165, 1.54) is 43.0 Å².